The minimum Gasteiger partial charge on any atom is -0.493 e. The average molecular weight is 945 g/mol. The number of ether oxygens (including phenoxy) is 5. The van der Waals surface area contributed by atoms with Crippen LogP contribution in [-0.4, -0.2) is 83.7 Å². The van der Waals surface area contributed by atoms with E-state index >= 15 is 14.4 Å². The molecule has 2 fully saturated rings. The normalized spacial score (nSPS) is 22.4. The molecule has 4 aliphatic rings. The SMILES string of the molecule is COc1cc2c(cc1OC)CN(C(=O)[C@@H]1[C@H]3C(=O)O[C@H](c4ccccc4)[C@H](c4ccccc4)N3[C@H](c3ccc(OCCO)cc3)[C@@]13C(=O)N(C(=O)OCc1ccc([N+](=O)[O-])cc1)c1ccccc13)CC2. The molecule has 16 nitrogen and oxygen atoms in total. The maximum absolute atomic E-state index is 16.5. The Labute approximate surface area is 402 Å². The number of hydrogen-bond acceptors (Lipinski definition) is 13. The summed E-state index contributed by atoms with van der Waals surface area (Å²) in [6, 6.07) is 38.5. The Morgan fingerprint density at radius 1 is 0.786 bits per heavy atom. The highest BCUT2D eigenvalue weighted by Crippen LogP contribution is 2.66. The van der Waals surface area contributed by atoms with Gasteiger partial charge in [-0.25, -0.2) is 9.69 Å². The lowest BCUT2D eigenvalue weighted by atomic mass is 9.65. The van der Waals surface area contributed by atoms with Gasteiger partial charge in [0, 0.05) is 25.2 Å². The topological polar surface area (TPSA) is 188 Å². The Kier molecular flexibility index (Phi) is 12.3. The maximum Gasteiger partial charge on any atom is 0.421 e. The van der Waals surface area contributed by atoms with Crippen molar-refractivity contribution in [2.75, 3.05) is 38.9 Å². The van der Waals surface area contributed by atoms with Gasteiger partial charge in [-0.1, -0.05) is 91.0 Å². The summed E-state index contributed by atoms with van der Waals surface area (Å²) in [5.74, 6) is -2.07. The number of nitro groups is 1. The number of benzene rings is 6. The van der Waals surface area contributed by atoms with Gasteiger partial charge >= 0.3 is 12.1 Å². The average Bonchev–Trinajstić information content (AvgIpc) is 3.86. The van der Waals surface area contributed by atoms with Crippen molar-refractivity contribution < 1.29 is 52.9 Å². The van der Waals surface area contributed by atoms with Gasteiger partial charge in [0.2, 0.25) is 11.8 Å². The third kappa shape index (κ3) is 7.65. The third-order valence-electron chi connectivity index (χ3n) is 13.9. The molecule has 1 spiro atoms. The van der Waals surface area contributed by atoms with Crippen molar-refractivity contribution >= 4 is 35.3 Å². The summed E-state index contributed by atoms with van der Waals surface area (Å²) in [7, 11) is 3.09. The molecule has 4 aliphatic heterocycles. The molecule has 6 aromatic rings. The van der Waals surface area contributed by atoms with Crippen molar-refractivity contribution in [3.63, 3.8) is 0 Å². The first-order valence-corrected chi connectivity index (χ1v) is 22.9. The van der Waals surface area contributed by atoms with E-state index in [1.54, 1.807) is 60.5 Å². The second-order valence-corrected chi connectivity index (χ2v) is 17.5. The second-order valence-electron chi connectivity index (χ2n) is 17.5. The first-order valence-electron chi connectivity index (χ1n) is 22.9. The summed E-state index contributed by atoms with van der Waals surface area (Å²) in [6.07, 6.45) is -1.55. The number of hydrogen-bond donors (Lipinski definition) is 1. The van der Waals surface area contributed by atoms with Gasteiger partial charge in [0.25, 0.3) is 5.69 Å². The fourth-order valence-electron chi connectivity index (χ4n) is 10.9. The van der Waals surface area contributed by atoms with Crippen LogP contribution in [0.3, 0.4) is 0 Å². The Bertz CT molecular complexity index is 2970. The molecule has 6 atom stereocenters. The van der Waals surface area contributed by atoms with E-state index in [-0.39, 0.29) is 44.3 Å². The van der Waals surface area contributed by atoms with Crippen molar-refractivity contribution in [1.29, 1.82) is 0 Å². The molecule has 1 N–H and O–H groups in total. The molecule has 6 aromatic carbocycles. The number of esters is 1. The zero-order valence-corrected chi connectivity index (χ0v) is 38.2. The number of anilines is 1. The van der Waals surface area contributed by atoms with Crippen LogP contribution in [0.15, 0.2) is 146 Å². The molecular formula is C54H48N4O12. The van der Waals surface area contributed by atoms with E-state index in [0.29, 0.717) is 45.9 Å². The van der Waals surface area contributed by atoms with E-state index in [2.05, 4.69) is 0 Å². The monoisotopic (exact) mass is 944 g/mol. The summed E-state index contributed by atoms with van der Waals surface area (Å²) in [6.45, 7) is -0.206. The molecule has 0 saturated carbocycles. The molecule has 0 bridgehead atoms. The summed E-state index contributed by atoms with van der Waals surface area (Å²) >= 11 is 0. The summed E-state index contributed by atoms with van der Waals surface area (Å²) in [4.78, 5) is 78.4. The number of nitro benzene ring substituents is 1. The van der Waals surface area contributed by atoms with Crippen LogP contribution in [0.2, 0.25) is 0 Å². The van der Waals surface area contributed by atoms with Crippen LogP contribution in [0.5, 0.6) is 17.2 Å². The molecule has 10 rings (SSSR count). The number of morpholine rings is 1. The van der Waals surface area contributed by atoms with Crippen LogP contribution >= 0.6 is 0 Å². The van der Waals surface area contributed by atoms with Crippen molar-refractivity contribution in [1.82, 2.24) is 9.80 Å². The van der Waals surface area contributed by atoms with Gasteiger partial charge in [-0.15, -0.1) is 0 Å². The van der Waals surface area contributed by atoms with Crippen LogP contribution in [-0.2, 0) is 48.8 Å². The Morgan fingerprint density at radius 3 is 2.09 bits per heavy atom. The molecule has 0 aliphatic carbocycles. The van der Waals surface area contributed by atoms with Crippen molar-refractivity contribution in [2.45, 2.75) is 49.2 Å². The molecule has 356 valence electrons. The molecule has 0 aromatic heterocycles. The van der Waals surface area contributed by atoms with Gasteiger partial charge in [-0.05, 0) is 87.8 Å². The summed E-state index contributed by atoms with van der Waals surface area (Å²) < 4.78 is 29.5. The minimum absolute atomic E-state index is 0.0264. The van der Waals surface area contributed by atoms with E-state index < -0.39 is 64.4 Å². The van der Waals surface area contributed by atoms with Gasteiger partial charge in [-0.2, -0.15) is 0 Å². The zero-order chi connectivity index (χ0) is 48.7. The minimum atomic E-state index is -2.01. The van der Waals surface area contributed by atoms with Crippen LogP contribution in [0.4, 0.5) is 16.2 Å². The molecule has 3 amide bonds. The van der Waals surface area contributed by atoms with E-state index in [4.69, 9.17) is 23.7 Å². The number of cyclic esters (lactones) is 1. The van der Waals surface area contributed by atoms with Gasteiger partial charge in [0.1, 0.15) is 36.5 Å². The lowest BCUT2D eigenvalue weighted by molar-refractivity contribution is -0.384. The van der Waals surface area contributed by atoms with Gasteiger partial charge in [0.05, 0.1) is 49.4 Å². The lowest BCUT2D eigenvalue weighted by Crippen LogP contribution is -2.57. The highest BCUT2D eigenvalue weighted by atomic mass is 16.6. The largest absolute Gasteiger partial charge is 0.493 e. The molecule has 4 heterocycles. The number of rotatable bonds is 12. The van der Waals surface area contributed by atoms with Crippen LogP contribution < -0.4 is 19.1 Å². The number of fused-ring (bicyclic) bond motifs is 4. The van der Waals surface area contributed by atoms with Gasteiger partial charge in [0.15, 0.2) is 11.5 Å². The Morgan fingerprint density at radius 2 is 1.43 bits per heavy atom. The van der Waals surface area contributed by atoms with Crippen LogP contribution in [0.1, 0.15) is 57.1 Å². The molecule has 0 radical (unpaired) electrons. The molecule has 70 heavy (non-hydrogen) atoms. The molecule has 16 heteroatoms. The fraction of sp³-hybridized carbons (Fsp3) is 0.259. The standard InChI is InChI=1S/C54H48N4O12/c1-66-43-29-37-25-26-55(31-38(37)30-44(43)67-2)50(60)45-47-51(61)70-48(35-13-7-4-8-14-35)46(34-11-5-3-6-12-34)57(47)49(36-19-23-40(24-20-36)68-28-27-59)54(45)41-15-9-10-16-42(41)56(52(54)62)53(63)69-32-33-17-21-39(22-18-33)58(64)65/h3-24,29-30,45-49,59H,25-28,31-32H2,1-2H3/t45-,46-,47-,48+,49+,54-/m0/s1. The van der Waals surface area contributed by atoms with Crippen LogP contribution in [0, 0.1) is 16.0 Å². The number of amides is 3. The molecular weight excluding hydrogens is 897 g/mol. The number of aliphatic hydroxyl groups excluding tert-OH is 1. The smallest absolute Gasteiger partial charge is 0.421 e. The number of carbonyl (C=O) groups excluding carboxylic acids is 4. The highest BCUT2D eigenvalue weighted by molar-refractivity contribution is 6.23. The Hall–Kier alpha value is -8.08. The fourth-order valence-corrected chi connectivity index (χ4v) is 10.9. The van der Waals surface area contributed by atoms with E-state index in [9.17, 15) is 20.0 Å². The number of methoxy groups -OCH3 is 2. The summed E-state index contributed by atoms with van der Waals surface area (Å²) in [5, 5.41) is 21.0. The predicted octanol–water partition coefficient (Wildman–Crippen LogP) is 7.57. The number of para-hydroxylation sites is 1. The lowest BCUT2D eigenvalue weighted by Gasteiger charge is -2.46. The second kappa shape index (κ2) is 18.8. The van der Waals surface area contributed by atoms with Crippen molar-refractivity contribution in [3.8, 4) is 17.2 Å². The molecule has 2 saturated heterocycles. The zero-order valence-electron chi connectivity index (χ0n) is 38.2. The first-order chi connectivity index (χ1) is 34.1. The molecule has 0 unspecified atom stereocenters. The number of imide groups is 1. The highest BCUT2D eigenvalue weighted by Gasteiger charge is 2.76. The van der Waals surface area contributed by atoms with E-state index in [1.807, 2.05) is 77.7 Å². The van der Waals surface area contributed by atoms with Crippen LogP contribution in [0.25, 0.3) is 0 Å². The number of aliphatic hydroxyl groups is 1. The van der Waals surface area contributed by atoms with E-state index in [0.717, 1.165) is 21.6 Å². The Balaban J connectivity index is 1.19. The van der Waals surface area contributed by atoms with Gasteiger partial charge < -0.3 is 33.7 Å². The first kappa shape index (κ1) is 45.7. The quantitative estimate of drug-likeness (QED) is 0.0720. The predicted molar refractivity (Wildman–Crippen MR) is 253 cm³/mol. The summed E-state index contributed by atoms with van der Waals surface area (Å²) in [5.41, 5.74) is 2.47. The number of nitrogens with zero attached hydrogens (tertiary/aromatic N) is 4. The number of non-ortho nitro benzene ring substituents is 1. The number of carbonyl (C=O) groups is 4. The third-order valence-corrected chi connectivity index (χ3v) is 13.9. The maximum atomic E-state index is 16.5. The van der Waals surface area contributed by atoms with E-state index in [1.165, 1.54) is 31.4 Å². The van der Waals surface area contributed by atoms with Crippen molar-refractivity contribution in [3.05, 3.63) is 195 Å². The van der Waals surface area contributed by atoms with Gasteiger partial charge in [-0.3, -0.25) is 29.4 Å². The van der Waals surface area contributed by atoms with Crippen molar-refractivity contribution in [2.24, 2.45) is 5.92 Å².